The molecule has 1 rings (SSSR count). The van der Waals surface area contributed by atoms with Gasteiger partial charge in [-0.05, 0) is 37.9 Å². The smallest absolute Gasteiger partial charge is 0.129 e. The number of nitrogens with two attached hydrogens (primary N) is 1. The van der Waals surface area contributed by atoms with Crippen molar-refractivity contribution in [2.24, 2.45) is 5.73 Å². The first-order valence-electron chi connectivity index (χ1n) is 4.11. The van der Waals surface area contributed by atoms with Gasteiger partial charge in [-0.2, -0.15) is 0 Å². The second-order valence-electron chi connectivity index (χ2n) is 3.09. The SMILES string of the molecule is Cc1cc(C)c(F)c(CCN)c1. The molecule has 0 atom stereocenters. The summed E-state index contributed by atoms with van der Waals surface area (Å²) in [6.45, 7) is 4.24. The maximum atomic E-state index is 13.3. The van der Waals surface area contributed by atoms with Crippen LogP contribution < -0.4 is 5.73 Å². The summed E-state index contributed by atoms with van der Waals surface area (Å²) in [4.78, 5) is 0. The summed E-state index contributed by atoms with van der Waals surface area (Å²) in [6, 6.07) is 3.70. The summed E-state index contributed by atoms with van der Waals surface area (Å²) >= 11 is 0. The van der Waals surface area contributed by atoms with Crippen molar-refractivity contribution in [1.29, 1.82) is 0 Å². The molecule has 2 heteroatoms. The van der Waals surface area contributed by atoms with Gasteiger partial charge in [0, 0.05) is 0 Å². The first kappa shape index (κ1) is 9.20. The molecule has 2 N–H and O–H groups in total. The topological polar surface area (TPSA) is 26.0 Å². The third kappa shape index (κ3) is 1.83. The molecule has 0 heterocycles. The molecule has 0 saturated carbocycles. The lowest BCUT2D eigenvalue weighted by Gasteiger charge is -2.05. The Morgan fingerprint density at radius 2 is 2.00 bits per heavy atom. The van der Waals surface area contributed by atoms with E-state index in [0.29, 0.717) is 18.5 Å². The van der Waals surface area contributed by atoms with Crippen LogP contribution in [0.4, 0.5) is 4.39 Å². The lowest BCUT2D eigenvalue weighted by Crippen LogP contribution is -2.05. The lowest BCUT2D eigenvalue weighted by molar-refractivity contribution is 0.600. The van der Waals surface area contributed by atoms with Gasteiger partial charge in [-0.3, -0.25) is 0 Å². The van der Waals surface area contributed by atoms with Gasteiger partial charge in [0.25, 0.3) is 0 Å². The highest BCUT2D eigenvalue weighted by atomic mass is 19.1. The molecule has 0 aliphatic rings. The number of halogens is 1. The molecule has 0 radical (unpaired) electrons. The molecule has 0 saturated heterocycles. The summed E-state index contributed by atoms with van der Waals surface area (Å²) < 4.78 is 13.3. The molecule has 1 aromatic carbocycles. The Bertz CT molecular complexity index is 281. The monoisotopic (exact) mass is 167 g/mol. The minimum atomic E-state index is -0.106. The molecule has 0 bridgehead atoms. The summed E-state index contributed by atoms with van der Waals surface area (Å²) in [5.74, 6) is -0.106. The standard InChI is InChI=1S/C10H14FN/c1-7-5-8(2)10(11)9(6-7)3-4-12/h5-6H,3-4,12H2,1-2H3. The second kappa shape index (κ2) is 3.68. The van der Waals surface area contributed by atoms with Gasteiger partial charge >= 0.3 is 0 Å². The Morgan fingerprint density at radius 1 is 1.33 bits per heavy atom. The molecule has 0 fully saturated rings. The Hall–Kier alpha value is -0.890. The molecule has 0 amide bonds. The van der Waals surface area contributed by atoms with Gasteiger partial charge in [0.1, 0.15) is 5.82 Å². The fraction of sp³-hybridized carbons (Fsp3) is 0.400. The number of benzene rings is 1. The van der Waals surface area contributed by atoms with Crippen molar-refractivity contribution >= 4 is 0 Å². The van der Waals surface area contributed by atoms with Crippen LogP contribution in [-0.2, 0) is 6.42 Å². The largest absolute Gasteiger partial charge is 0.330 e. The van der Waals surface area contributed by atoms with E-state index in [1.54, 1.807) is 6.92 Å². The normalized spacial score (nSPS) is 10.3. The van der Waals surface area contributed by atoms with Gasteiger partial charge in [0.05, 0.1) is 0 Å². The lowest BCUT2D eigenvalue weighted by atomic mass is 10.0. The summed E-state index contributed by atoms with van der Waals surface area (Å²) in [6.07, 6.45) is 0.619. The third-order valence-corrected chi connectivity index (χ3v) is 1.89. The zero-order chi connectivity index (χ0) is 9.14. The summed E-state index contributed by atoms with van der Waals surface area (Å²) in [5.41, 5.74) is 7.90. The number of aryl methyl sites for hydroxylation is 2. The highest BCUT2D eigenvalue weighted by Crippen LogP contribution is 2.15. The van der Waals surface area contributed by atoms with Gasteiger partial charge < -0.3 is 5.73 Å². The fourth-order valence-electron chi connectivity index (χ4n) is 1.38. The minimum Gasteiger partial charge on any atom is -0.330 e. The first-order valence-corrected chi connectivity index (χ1v) is 4.11. The zero-order valence-electron chi connectivity index (χ0n) is 7.52. The zero-order valence-corrected chi connectivity index (χ0v) is 7.52. The van der Waals surface area contributed by atoms with Crippen LogP contribution in [-0.4, -0.2) is 6.54 Å². The van der Waals surface area contributed by atoms with Crippen LogP contribution in [0.15, 0.2) is 12.1 Å². The summed E-state index contributed by atoms with van der Waals surface area (Å²) in [5, 5.41) is 0. The molecule has 0 aliphatic carbocycles. The fourth-order valence-corrected chi connectivity index (χ4v) is 1.38. The predicted octanol–water partition coefficient (Wildman–Crippen LogP) is 1.94. The Kier molecular flexibility index (Phi) is 2.82. The predicted molar refractivity (Wildman–Crippen MR) is 48.6 cm³/mol. The van der Waals surface area contributed by atoms with Gasteiger partial charge in [0.2, 0.25) is 0 Å². The van der Waals surface area contributed by atoms with E-state index < -0.39 is 0 Å². The van der Waals surface area contributed by atoms with Gasteiger partial charge in [-0.25, -0.2) is 4.39 Å². The third-order valence-electron chi connectivity index (χ3n) is 1.89. The van der Waals surface area contributed by atoms with Crippen LogP contribution in [0.5, 0.6) is 0 Å². The van der Waals surface area contributed by atoms with E-state index in [0.717, 1.165) is 11.1 Å². The Morgan fingerprint density at radius 3 is 2.58 bits per heavy atom. The number of hydrogen-bond donors (Lipinski definition) is 1. The highest BCUT2D eigenvalue weighted by Gasteiger charge is 2.04. The van der Waals surface area contributed by atoms with Crippen LogP contribution in [0, 0.1) is 19.7 Å². The van der Waals surface area contributed by atoms with E-state index in [4.69, 9.17) is 5.73 Å². The van der Waals surface area contributed by atoms with Gasteiger partial charge in [-0.1, -0.05) is 17.7 Å². The van der Waals surface area contributed by atoms with Crippen molar-refractivity contribution in [2.75, 3.05) is 6.54 Å². The van der Waals surface area contributed by atoms with E-state index in [2.05, 4.69) is 0 Å². The van der Waals surface area contributed by atoms with Crippen molar-refractivity contribution in [3.8, 4) is 0 Å². The molecule has 0 unspecified atom stereocenters. The molecular formula is C10H14FN. The highest BCUT2D eigenvalue weighted by molar-refractivity contribution is 5.30. The average molecular weight is 167 g/mol. The molecule has 0 spiro atoms. The van der Waals surface area contributed by atoms with E-state index in [1.807, 2.05) is 19.1 Å². The molecule has 1 nitrogen and oxygen atoms in total. The molecule has 0 aliphatic heterocycles. The molecule has 1 aromatic rings. The number of hydrogen-bond acceptors (Lipinski definition) is 1. The van der Waals surface area contributed by atoms with Crippen LogP contribution in [0.3, 0.4) is 0 Å². The van der Waals surface area contributed by atoms with E-state index >= 15 is 0 Å². The van der Waals surface area contributed by atoms with Crippen LogP contribution in [0.1, 0.15) is 16.7 Å². The quantitative estimate of drug-likeness (QED) is 0.715. The van der Waals surface area contributed by atoms with Crippen LogP contribution in [0.2, 0.25) is 0 Å². The first-order chi connectivity index (χ1) is 5.65. The molecule has 0 aromatic heterocycles. The summed E-state index contributed by atoms with van der Waals surface area (Å²) in [7, 11) is 0. The van der Waals surface area contributed by atoms with Gasteiger partial charge in [-0.15, -0.1) is 0 Å². The van der Waals surface area contributed by atoms with E-state index in [1.165, 1.54) is 0 Å². The van der Waals surface area contributed by atoms with E-state index in [-0.39, 0.29) is 5.82 Å². The minimum absolute atomic E-state index is 0.106. The molecule has 66 valence electrons. The van der Waals surface area contributed by atoms with Crippen molar-refractivity contribution in [3.63, 3.8) is 0 Å². The maximum absolute atomic E-state index is 13.3. The van der Waals surface area contributed by atoms with Crippen molar-refractivity contribution in [2.45, 2.75) is 20.3 Å². The average Bonchev–Trinajstić information content (AvgIpc) is 2.00. The number of rotatable bonds is 2. The van der Waals surface area contributed by atoms with Gasteiger partial charge in [0.15, 0.2) is 0 Å². The second-order valence-corrected chi connectivity index (χ2v) is 3.09. The van der Waals surface area contributed by atoms with Crippen LogP contribution in [0.25, 0.3) is 0 Å². The maximum Gasteiger partial charge on any atom is 0.129 e. The van der Waals surface area contributed by atoms with E-state index in [9.17, 15) is 4.39 Å². The van der Waals surface area contributed by atoms with Crippen molar-refractivity contribution < 1.29 is 4.39 Å². The Labute approximate surface area is 72.4 Å². The van der Waals surface area contributed by atoms with Crippen LogP contribution >= 0.6 is 0 Å². The molecular weight excluding hydrogens is 153 g/mol. The Balaban J connectivity index is 3.09. The van der Waals surface area contributed by atoms with Crippen molar-refractivity contribution in [1.82, 2.24) is 0 Å². The molecule has 12 heavy (non-hydrogen) atoms. The van der Waals surface area contributed by atoms with Crippen molar-refractivity contribution in [3.05, 3.63) is 34.6 Å².